The van der Waals surface area contributed by atoms with Crippen molar-refractivity contribution in [2.45, 2.75) is 38.5 Å². The van der Waals surface area contributed by atoms with Crippen molar-refractivity contribution < 1.29 is 0 Å². The van der Waals surface area contributed by atoms with E-state index in [1.807, 2.05) is 0 Å². The highest BCUT2D eigenvalue weighted by Gasteiger charge is 2.22. The summed E-state index contributed by atoms with van der Waals surface area (Å²) in [7, 11) is 0. The van der Waals surface area contributed by atoms with Crippen molar-refractivity contribution in [2.75, 3.05) is 13.1 Å². The molecule has 110 valence electrons. The zero-order chi connectivity index (χ0) is 14.5. The maximum atomic E-state index is 3.45. The number of rotatable bonds is 5. The number of hydrogen-bond donors (Lipinski definition) is 1. The molecule has 0 heterocycles. The molecule has 3 rings (SSSR count). The van der Waals surface area contributed by atoms with Gasteiger partial charge in [0.05, 0.1) is 0 Å². The second-order valence-electron chi connectivity index (χ2n) is 5.95. The summed E-state index contributed by atoms with van der Waals surface area (Å²) in [5, 5.41) is 3.45. The van der Waals surface area contributed by atoms with E-state index in [2.05, 4.69) is 60.8 Å². The Morgan fingerprint density at radius 3 is 2.05 bits per heavy atom. The Bertz CT molecular complexity index is 540. The lowest BCUT2D eigenvalue weighted by molar-refractivity contribution is 0.605. The van der Waals surface area contributed by atoms with Gasteiger partial charge >= 0.3 is 0 Å². The first-order chi connectivity index (χ1) is 10.4. The molecular weight excluding hydrogens is 254 g/mol. The Labute approximate surface area is 128 Å². The summed E-state index contributed by atoms with van der Waals surface area (Å²) in [5.41, 5.74) is 6.20. The van der Waals surface area contributed by atoms with E-state index in [1.165, 1.54) is 25.7 Å². The van der Waals surface area contributed by atoms with Crippen molar-refractivity contribution in [1.29, 1.82) is 0 Å². The Morgan fingerprint density at radius 2 is 1.48 bits per heavy atom. The summed E-state index contributed by atoms with van der Waals surface area (Å²) in [6.07, 6.45) is 4.83. The third kappa shape index (κ3) is 3.19. The van der Waals surface area contributed by atoms with Crippen LogP contribution in [-0.2, 0) is 12.8 Å². The number of benzene rings is 2. The fourth-order valence-corrected chi connectivity index (χ4v) is 3.56. The van der Waals surface area contributed by atoms with Gasteiger partial charge in [0.2, 0.25) is 0 Å². The van der Waals surface area contributed by atoms with E-state index in [4.69, 9.17) is 0 Å². The molecule has 1 nitrogen and oxygen atoms in total. The van der Waals surface area contributed by atoms with Crippen molar-refractivity contribution in [3.8, 4) is 0 Å². The summed E-state index contributed by atoms with van der Waals surface area (Å²) >= 11 is 0. The fraction of sp³-hybridized carbons (Fsp3) is 0.400. The van der Waals surface area contributed by atoms with E-state index < -0.39 is 0 Å². The van der Waals surface area contributed by atoms with Crippen LogP contribution in [0.25, 0.3) is 0 Å². The van der Waals surface area contributed by atoms with Gasteiger partial charge in [0.15, 0.2) is 0 Å². The first-order valence-electron chi connectivity index (χ1n) is 8.26. The Morgan fingerprint density at radius 1 is 0.905 bits per heavy atom. The van der Waals surface area contributed by atoms with Gasteiger partial charge in [-0.2, -0.15) is 0 Å². The molecule has 2 aromatic carbocycles. The molecule has 0 fully saturated rings. The standard InChI is InChI=1S/C20H25N/c1-2-21-15-7-12-20-18-10-5-3-8-16(18)13-14-17-9-4-6-11-19(17)20/h3-6,8-11,20-21H,2,7,12-15H2,1H3. The van der Waals surface area contributed by atoms with Crippen LogP contribution in [0, 0.1) is 0 Å². The minimum Gasteiger partial charge on any atom is -0.317 e. The molecule has 2 aromatic rings. The van der Waals surface area contributed by atoms with E-state index in [1.54, 1.807) is 22.3 Å². The maximum Gasteiger partial charge on any atom is 0.00952 e. The Hall–Kier alpha value is -1.60. The molecule has 0 spiro atoms. The predicted molar refractivity (Wildman–Crippen MR) is 89.9 cm³/mol. The van der Waals surface area contributed by atoms with Gasteiger partial charge < -0.3 is 5.32 Å². The fourth-order valence-electron chi connectivity index (χ4n) is 3.56. The monoisotopic (exact) mass is 279 g/mol. The van der Waals surface area contributed by atoms with Gasteiger partial charge in [-0.05, 0) is 61.0 Å². The molecule has 0 saturated carbocycles. The van der Waals surface area contributed by atoms with E-state index >= 15 is 0 Å². The molecule has 1 N–H and O–H groups in total. The molecule has 0 aromatic heterocycles. The van der Waals surface area contributed by atoms with Crippen molar-refractivity contribution >= 4 is 0 Å². The molecule has 21 heavy (non-hydrogen) atoms. The zero-order valence-electron chi connectivity index (χ0n) is 12.9. The van der Waals surface area contributed by atoms with Crippen LogP contribution < -0.4 is 5.32 Å². The highest BCUT2D eigenvalue weighted by atomic mass is 14.8. The summed E-state index contributed by atoms with van der Waals surface area (Å²) in [5.74, 6) is 0.568. The van der Waals surface area contributed by atoms with Crippen LogP contribution in [0.5, 0.6) is 0 Å². The molecule has 1 aliphatic rings. The molecule has 0 bridgehead atoms. The van der Waals surface area contributed by atoms with Gasteiger partial charge in [0, 0.05) is 5.92 Å². The largest absolute Gasteiger partial charge is 0.317 e. The summed E-state index contributed by atoms with van der Waals surface area (Å²) in [6, 6.07) is 18.1. The summed E-state index contributed by atoms with van der Waals surface area (Å²) < 4.78 is 0. The van der Waals surface area contributed by atoms with Crippen molar-refractivity contribution in [2.24, 2.45) is 0 Å². The van der Waals surface area contributed by atoms with E-state index in [9.17, 15) is 0 Å². The van der Waals surface area contributed by atoms with Crippen molar-refractivity contribution in [1.82, 2.24) is 5.32 Å². The van der Waals surface area contributed by atoms with Crippen LogP contribution in [0.1, 0.15) is 47.9 Å². The lowest BCUT2D eigenvalue weighted by Gasteiger charge is -2.20. The number of aryl methyl sites for hydroxylation is 2. The van der Waals surface area contributed by atoms with Crippen LogP contribution in [0.4, 0.5) is 0 Å². The quantitative estimate of drug-likeness (QED) is 0.804. The lowest BCUT2D eigenvalue weighted by atomic mass is 9.85. The minimum absolute atomic E-state index is 0.568. The molecule has 1 aliphatic carbocycles. The summed E-state index contributed by atoms with van der Waals surface area (Å²) in [6.45, 7) is 4.37. The average molecular weight is 279 g/mol. The molecule has 0 amide bonds. The minimum atomic E-state index is 0.568. The van der Waals surface area contributed by atoms with Crippen LogP contribution in [0.2, 0.25) is 0 Å². The highest BCUT2D eigenvalue weighted by Crippen LogP contribution is 2.36. The highest BCUT2D eigenvalue weighted by molar-refractivity contribution is 5.44. The van der Waals surface area contributed by atoms with Crippen LogP contribution in [-0.4, -0.2) is 13.1 Å². The molecule has 0 atom stereocenters. The number of nitrogens with one attached hydrogen (secondary N) is 1. The first-order valence-corrected chi connectivity index (χ1v) is 8.26. The maximum absolute atomic E-state index is 3.45. The van der Waals surface area contributed by atoms with E-state index in [0.717, 1.165) is 13.1 Å². The van der Waals surface area contributed by atoms with Gasteiger partial charge in [-0.25, -0.2) is 0 Å². The van der Waals surface area contributed by atoms with Gasteiger partial charge in [0.1, 0.15) is 0 Å². The van der Waals surface area contributed by atoms with Gasteiger partial charge in [-0.1, -0.05) is 55.5 Å². The average Bonchev–Trinajstić information content (AvgIpc) is 2.69. The third-order valence-corrected chi connectivity index (χ3v) is 4.62. The number of hydrogen-bond acceptors (Lipinski definition) is 1. The van der Waals surface area contributed by atoms with E-state index in [0.29, 0.717) is 5.92 Å². The summed E-state index contributed by atoms with van der Waals surface area (Å²) in [4.78, 5) is 0. The van der Waals surface area contributed by atoms with Gasteiger partial charge in [-0.3, -0.25) is 0 Å². The number of fused-ring (bicyclic) bond motifs is 2. The van der Waals surface area contributed by atoms with Crippen molar-refractivity contribution in [3.63, 3.8) is 0 Å². The predicted octanol–water partition coefficient (Wildman–Crippen LogP) is 4.31. The SMILES string of the molecule is CCNCCCC1c2ccccc2CCc2ccccc21. The molecule has 0 radical (unpaired) electrons. The molecular formula is C20H25N. The smallest absolute Gasteiger partial charge is 0.00952 e. The van der Waals surface area contributed by atoms with Crippen LogP contribution >= 0.6 is 0 Å². The normalized spacial score (nSPS) is 14.3. The lowest BCUT2D eigenvalue weighted by Crippen LogP contribution is -2.15. The topological polar surface area (TPSA) is 12.0 Å². The van der Waals surface area contributed by atoms with Gasteiger partial charge in [-0.15, -0.1) is 0 Å². The van der Waals surface area contributed by atoms with Crippen LogP contribution in [0.3, 0.4) is 0 Å². The van der Waals surface area contributed by atoms with Crippen LogP contribution in [0.15, 0.2) is 48.5 Å². The third-order valence-electron chi connectivity index (χ3n) is 4.62. The molecule has 0 saturated heterocycles. The Kier molecular flexibility index (Phi) is 4.72. The zero-order valence-corrected chi connectivity index (χ0v) is 12.9. The molecule has 0 aliphatic heterocycles. The van der Waals surface area contributed by atoms with E-state index in [-0.39, 0.29) is 0 Å². The van der Waals surface area contributed by atoms with Gasteiger partial charge in [0.25, 0.3) is 0 Å². The van der Waals surface area contributed by atoms with Crippen molar-refractivity contribution in [3.05, 3.63) is 70.8 Å². The molecule has 0 unspecified atom stereocenters. The first kappa shape index (κ1) is 14.3. The second-order valence-corrected chi connectivity index (χ2v) is 5.95. The second kappa shape index (κ2) is 6.91. The Balaban J connectivity index is 1.91. The molecule has 1 heteroatoms.